The van der Waals surface area contributed by atoms with Crippen molar-refractivity contribution in [3.63, 3.8) is 0 Å². The molecular weight excluding hydrogens is 369 g/mol. The normalized spacial score (nSPS) is 19.3. The predicted octanol–water partition coefficient (Wildman–Crippen LogP) is 3.90. The van der Waals surface area contributed by atoms with Gasteiger partial charge in [0.05, 0.1) is 18.5 Å². The van der Waals surface area contributed by atoms with E-state index in [4.69, 9.17) is 27.9 Å². The zero-order valence-corrected chi connectivity index (χ0v) is 15.2. The molecule has 0 spiro atoms. The monoisotopic (exact) mass is 385 g/mol. The second kappa shape index (κ2) is 7.42. The van der Waals surface area contributed by atoms with Gasteiger partial charge >= 0.3 is 0 Å². The molecule has 3 rings (SSSR count). The van der Waals surface area contributed by atoms with Crippen LogP contribution in [-0.4, -0.2) is 32.4 Å². The average molecular weight is 386 g/mol. The molecule has 7 heteroatoms. The Kier molecular flexibility index (Phi) is 5.47. The van der Waals surface area contributed by atoms with Gasteiger partial charge in [-0.25, -0.2) is 8.42 Å². The topological polar surface area (TPSA) is 46.6 Å². The van der Waals surface area contributed by atoms with E-state index in [1.165, 1.54) is 4.31 Å². The van der Waals surface area contributed by atoms with Crippen molar-refractivity contribution in [2.75, 3.05) is 19.7 Å². The number of ether oxygens (including phenoxy) is 1. The Balaban J connectivity index is 1.76. The molecule has 0 radical (unpaired) electrons. The Labute approximate surface area is 152 Å². The van der Waals surface area contributed by atoms with Crippen molar-refractivity contribution in [2.45, 2.75) is 11.9 Å². The van der Waals surface area contributed by atoms with Crippen LogP contribution in [0.15, 0.2) is 48.5 Å². The molecule has 1 saturated heterocycles. The Morgan fingerprint density at radius 3 is 2.50 bits per heavy atom. The summed E-state index contributed by atoms with van der Waals surface area (Å²) in [5.41, 5.74) is 1.52. The predicted molar refractivity (Wildman–Crippen MR) is 95.8 cm³/mol. The van der Waals surface area contributed by atoms with E-state index < -0.39 is 10.0 Å². The smallest absolute Gasteiger partial charge is 0.218 e. The largest absolute Gasteiger partial charge is 0.371 e. The molecular formula is C17H17Cl2NO3S. The lowest BCUT2D eigenvalue weighted by molar-refractivity contribution is -0.00260. The van der Waals surface area contributed by atoms with Crippen LogP contribution in [0.3, 0.4) is 0 Å². The Morgan fingerprint density at radius 2 is 1.79 bits per heavy atom. The van der Waals surface area contributed by atoms with E-state index in [9.17, 15) is 8.42 Å². The number of hydrogen-bond donors (Lipinski definition) is 0. The van der Waals surface area contributed by atoms with Gasteiger partial charge in [-0.15, -0.1) is 0 Å². The lowest BCUT2D eigenvalue weighted by atomic mass is 10.1. The molecule has 0 N–H and O–H groups in total. The number of rotatable bonds is 4. The van der Waals surface area contributed by atoms with Crippen molar-refractivity contribution < 1.29 is 13.2 Å². The highest BCUT2D eigenvalue weighted by Gasteiger charge is 2.30. The summed E-state index contributed by atoms with van der Waals surface area (Å²) in [6.07, 6.45) is -0.294. The zero-order valence-electron chi connectivity index (χ0n) is 12.9. The molecule has 1 aliphatic rings. The first-order valence-corrected chi connectivity index (χ1v) is 9.90. The van der Waals surface area contributed by atoms with Crippen LogP contribution in [0.2, 0.25) is 10.0 Å². The second-order valence-corrected chi connectivity index (χ2v) is 8.43. The zero-order chi connectivity index (χ0) is 17.2. The van der Waals surface area contributed by atoms with Gasteiger partial charge in [-0.05, 0) is 29.3 Å². The maximum absolute atomic E-state index is 12.7. The van der Waals surface area contributed by atoms with E-state index in [1.807, 2.05) is 12.1 Å². The number of halogens is 2. The molecule has 0 aromatic heterocycles. The highest BCUT2D eigenvalue weighted by molar-refractivity contribution is 7.88. The van der Waals surface area contributed by atoms with E-state index in [2.05, 4.69) is 0 Å². The maximum atomic E-state index is 12.7. The molecule has 2 aromatic carbocycles. The first-order chi connectivity index (χ1) is 11.5. The molecule has 24 heavy (non-hydrogen) atoms. The van der Waals surface area contributed by atoms with Crippen molar-refractivity contribution in [3.8, 4) is 0 Å². The average Bonchev–Trinajstić information content (AvgIpc) is 2.58. The number of morpholine rings is 1. The third-order valence-corrected chi connectivity index (χ3v) is 6.38. The van der Waals surface area contributed by atoms with E-state index in [0.717, 1.165) is 5.56 Å². The Hall–Kier alpha value is -1.11. The third-order valence-electron chi connectivity index (χ3n) is 3.96. The molecule has 1 unspecified atom stereocenters. The fourth-order valence-electron chi connectivity index (χ4n) is 2.66. The van der Waals surface area contributed by atoms with Gasteiger partial charge in [0.15, 0.2) is 0 Å². The minimum atomic E-state index is -3.47. The van der Waals surface area contributed by atoms with Crippen molar-refractivity contribution in [1.82, 2.24) is 4.31 Å². The van der Waals surface area contributed by atoms with Crippen LogP contribution >= 0.6 is 23.2 Å². The highest BCUT2D eigenvalue weighted by atomic mass is 35.5. The van der Waals surface area contributed by atoms with E-state index in [0.29, 0.717) is 28.8 Å². The van der Waals surface area contributed by atoms with E-state index >= 15 is 0 Å². The van der Waals surface area contributed by atoms with Gasteiger partial charge in [0.1, 0.15) is 0 Å². The summed E-state index contributed by atoms with van der Waals surface area (Å²) in [5, 5.41) is 1.10. The molecule has 1 heterocycles. The second-order valence-electron chi connectivity index (χ2n) is 5.62. The van der Waals surface area contributed by atoms with Crippen LogP contribution in [0, 0.1) is 0 Å². The summed E-state index contributed by atoms with van der Waals surface area (Å²) in [4.78, 5) is 0. The highest BCUT2D eigenvalue weighted by Crippen LogP contribution is 2.27. The van der Waals surface area contributed by atoms with Crippen LogP contribution in [0.1, 0.15) is 17.2 Å². The fraction of sp³-hybridized carbons (Fsp3) is 0.294. The quantitative estimate of drug-likeness (QED) is 0.801. The molecule has 1 atom stereocenters. The summed E-state index contributed by atoms with van der Waals surface area (Å²) in [7, 11) is -3.47. The summed E-state index contributed by atoms with van der Waals surface area (Å²) < 4.78 is 32.7. The van der Waals surface area contributed by atoms with Gasteiger partial charge in [0.2, 0.25) is 10.0 Å². The van der Waals surface area contributed by atoms with Gasteiger partial charge in [-0.3, -0.25) is 0 Å². The lowest BCUT2D eigenvalue weighted by Crippen LogP contribution is -2.42. The molecule has 0 amide bonds. The number of benzene rings is 2. The van der Waals surface area contributed by atoms with Gasteiger partial charge in [-0.1, -0.05) is 53.5 Å². The summed E-state index contributed by atoms with van der Waals surface area (Å²) in [6, 6.07) is 14.3. The van der Waals surface area contributed by atoms with Crippen LogP contribution in [0.25, 0.3) is 0 Å². The number of sulfonamides is 1. The van der Waals surface area contributed by atoms with Crippen molar-refractivity contribution in [3.05, 3.63) is 69.7 Å². The number of nitrogens with zero attached hydrogens (tertiary/aromatic N) is 1. The van der Waals surface area contributed by atoms with Gasteiger partial charge in [0.25, 0.3) is 0 Å². The third kappa shape index (κ3) is 4.10. The Morgan fingerprint density at radius 1 is 1.08 bits per heavy atom. The van der Waals surface area contributed by atoms with Crippen molar-refractivity contribution in [1.29, 1.82) is 0 Å². The molecule has 0 bridgehead atoms. The maximum Gasteiger partial charge on any atom is 0.218 e. The first kappa shape index (κ1) is 17.7. The Bertz CT molecular complexity index is 809. The molecule has 128 valence electrons. The first-order valence-electron chi connectivity index (χ1n) is 7.54. The molecule has 4 nitrogen and oxygen atoms in total. The standard InChI is InChI=1S/C17H17Cl2NO3S/c18-15-7-5-13(6-8-15)17-11-20(9-10-23-17)24(21,22)12-14-3-1-2-4-16(14)19/h1-8,17H,9-12H2. The number of hydrogen-bond acceptors (Lipinski definition) is 3. The lowest BCUT2D eigenvalue weighted by Gasteiger charge is -2.32. The summed E-state index contributed by atoms with van der Waals surface area (Å²) in [5.74, 6) is -0.111. The molecule has 1 aliphatic heterocycles. The van der Waals surface area contributed by atoms with Gasteiger partial charge in [0, 0.05) is 23.1 Å². The van der Waals surface area contributed by atoms with Crippen LogP contribution < -0.4 is 0 Å². The summed E-state index contributed by atoms with van der Waals surface area (Å²) in [6.45, 7) is 0.986. The molecule has 0 saturated carbocycles. The fourth-order valence-corrected chi connectivity index (χ4v) is 4.61. The minimum absolute atomic E-state index is 0.111. The van der Waals surface area contributed by atoms with Crippen molar-refractivity contribution >= 4 is 33.2 Å². The van der Waals surface area contributed by atoms with Gasteiger partial charge in [-0.2, -0.15) is 4.31 Å². The molecule has 0 aliphatic carbocycles. The van der Waals surface area contributed by atoms with Crippen LogP contribution in [0.4, 0.5) is 0 Å². The van der Waals surface area contributed by atoms with E-state index in [-0.39, 0.29) is 18.4 Å². The molecule has 1 fully saturated rings. The SMILES string of the molecule is O=S(=O)(Cc1ccccc1Cl)N1CCOC(c2ccc(Cl)cc2)C1. The van der Waals surface area contributed by atoms with Gasteiger partial charge < -0.3 is 4.74 Å². The van der Waals surface area contributed by atoms with E-state index in [1.54, 1.807) is 36.4 Å². The van der Waals surface area contributed by atoms with Crippen LogP contribution in [-0.2, 0) is 20.5 Å². The van der Waals surface area contributed by atoms with Crippen molar-refractivity contribution in [2.24, 2.45) is 0 Å². The van der Waals surface area contributed by atoms with Crippen LogP contribution in [0.5, 0.6) is 0 Å². The summed E-state index contributed by atoms with van der Waals surface area (Å²) >= 11 is 12.0. The minimum Gasteiger partial charge on any atom is -0.371 e. The molecule has 2 aromatic rings.